The lowest BCUT2D eigenvalue weighted by Crippen LogP contribution is -2.11. The highest BCUT2D eigenvalue weighted by Gasteiger charge is 2.12. The number of carbonyl (C=O) groups is 1. The summed E-state index contributed by atoms with van der Waals surface area (Å²) in [6.45, 7) is 3.69. The molecule has 0 saturated heterocycles. The summed E-state index contributed by atoms with van der Waals surface area (Å²) in [4.78, 5) is 12.4. The molecule has 1 aromatic rings. The van der Waals surface area contributed by atoms with Gasteiger partial charge in [0.2, 0.25) is 0 Å². The maximum Gasteiger partial charge on any atom is 0.143 e. The van der Waals surface area contributed by atoms with Gasteiger partial charge in [-0.05, 0) is 37.6 Å². The van der Waals surface area contributed by atoms with Gasteiger partial charge < -0.3 is 0 Å². The Morgan fingerprint density at radius 3 is 2.43 bits per heavy atom. The molecular weight excluding hydrogens is 260 g/mol. The van der Waals surface area contributed by atoms with Gasteiger partial charge in [-0.25, -0.2) is 0 Å². The number of carbonyl (C=O) groups excluding carboxylic acids is 1. The van der Waals surface area contributed by atoms with Crippen molar-refractivity contribution in [3.8, 4) is 0 Å². The van der Waals surface area contributed by atoms with Crippen LogP contribution in [0.15, 0.2) is 33.6 Å². The average molecular weight is 273 g/mol. The first kappa shape index (κ1) is 11.8. The van der Waals surface area contributed by atoms with E-state index in [9.17, 15) is 4.79 Å². The highest BCUT2D eigenvalue weighted by atomic mass is 79.9. The van der Waals surface area contributed by atoms with Gasteiger partial charge in [0, 0.05) is 9.37 Å². The molecule has 1 atom stereocenters. The molecule has 0 spiro atoms. The molecule has 0 radical (unpaired) electrons. The van der Waals surface area contributed by atoms with Crippen LogP contribution in [0.25, 0.3) is 0 Å². The Balaban J connectivity index is 2.67. The third-order valence-electron chi connectivity index (χ3n) is 1.92. The predicted molar refractivity (Wildman–Crippen MR) is 64.8 cm³/mol. The summed E-state index contributed by atoms with van der Waals surface area (Å²) in [5, 5.41) is 0.0937. The molecule has 1 rings (SSSR count). The van der Waals surface area contributed by atoms with Gasteiger partial charge in [-0.15, -0.1) is 11.8 Å². The van der Waals surface area contributed by atoms with Crippen molar-refractivity contribution in [3.63, 3.8) is 0 Å². The van der Waals surface area contributed by atoms with E-state index in [4.69, 9.17) is 0 Å². The fourth-order valence-electron chi connectivity index (χ4n) is 1.13. The van der Waals surface area contributed by atoms with E-state index in [0.717, 1.165) is 15.8 Å². The van der Waals surface area contributed by atoms with Crippen LogP contribution in [0.4, 0.5) is 0 Å². The molecule has 14 heavy (non-hydrogen) atoms. The number of thioether (sulfide) groups is 1. The number of halogens is 1. The molecule has 1 unspecified atom stereocenters. The molecule has 76 valence electrons. The zero-order valence-electron chi connectivity index (χ0n) is 8.29. The summed E-state index contributed by atoms with van der Waals surface area (Å²) in [5.41, 5.74) is 0. The average Bonchev–Trinajstić information content (AvgIpc) is 2.16. The van der Waals surface area contributed by atoms with Crippen LogP contribution in [0.5, 0.6) is 0 Å². The minimum Gasteiger partial charge on any atom is -0.299 e. The van der Waals surface area contributed by atoms with E-state index < -0.39 is 0 Å². The van der Waals surface area contributed by atoms with Gasteiger partial charge in [0.1, 0.15) is 5.78 Å². The van der Waals surface area contributed by atoms with Crippen molar-refractivity contribution >= 4 is 33.5 Å². The Kier molecular flexibility index (Phi) is 4.69. The van der Waals surface area contributed by atoms with Crippen LogP contribution in [0, 0.1) is 0 Å². The Labute approximate surface area is 97.4 Å². The summed E-state index contributed by atoms with van der Waals surface area (Å²) in [6, 6.07) is 8.05. The van der Waals surface area contributed by atoms with Gasteiger partial charge in [0.15, 0.2) is 0 Å². The van der Waals surface area contributed by atoms with Crippen LogP contribution in [-0.4, -0.2) is 11.0 Å². The van der Waals surface area contributed by atoms with E-state index in [1.54, 1.807) is 18.7 Å². The minimum absolute atomic E-state index is 0.0937. The molecule has 3 heteroatoms. The van der Waals surface area contributed by atoms with Crippen LogP contribution in [0.2, 0.25) is 0 Å². The van der Waals surface area contributed by atoms with Crippen LogP contribution in [-0.2, 0) is 4.79 Å². The number of hydrogen-bond acceptors (Lipinski definition) is 2. The van der Waals surface area contributed by atoms with E-state index in [0.29, 0.717) is 0 Å². The number of ketones is 1. The molecule has 0 aliphatic rings. The molecule has 0 aliphatic carbocycles. The van der Waals surface area contributed by atoms with E-state index >= 15 is 0 Å². The molecule has 0 N–H and O–H groups in total. The summed E-state index contributed by atoms with van der Waals surface area (Å²) in [5.74, 6) is 0.250. The quantitative estimate of drug-likeness (QED) is 0.774. The van der Waals surface area contributed by atoms with Crippen molar-refractivity contribution in [3.05, 3.63) is 28.7 Å². The lowest BCUT2D eigenvalue weighted by molar-refractivity contribution is -0.116. The molecule has 1 nitrogen and oxygen atoms in total. The lowest BCUT2D eigenvalue weighted by atomic mass is 10.2. The Morgan fingerprint density at radius 1 is 1.43 bits per heavy atom. The molecule has 0 fully saturated rings. The van der Waals surface area contributed by atoms with Crippen molar-refractivity contribution in [1.29, 1.82) is 0 Å². The zero-order valence-corrected chi connectivity index (χ0v) is 10.7. The largest absolute Gasteiger partial charge is 0.299 e. The fraction of sp³-hybridized carbons (Fsp3) is 0.364. The van der Waals surface area contributed by atoms with E-state index in [-0.39, 0.29) is 11.0 Å². The number of hydrogen-bond donors (Lipinski definition) is 0. The van der Waals surface area contributed by atoms with Gasteiger partial charge in [-0.2, -0.15) is 0 Å². The normalized spacial score (nSPS) is 12.5. The Bertz CT molecular complexity index is 308. The molecule has 0 bridgehead atoms. The molecule has 1 aromatic carbocycles. The van der Waals surface area contributed by atoms with Gasteiger partial charge in [-0.3, -0.25) is 4.79 Å². The third kappa shape index (κ3) is 3.46. The number of benzene rings is 1. The highest BCUT2D eigenvalue weighted by Crippen LogP contribution is 2.27. The third-order valence-corrected chi connectivity index (χ3v) is 3.94. The molecule has 0 aromatic heterocycles. The van der Waals surface area contributed by atoms with Gasteiger partial charge in [-0.1, -0.05) is 22.9 Å². The first-order valence-corrected chi connectivity index (χ1v) is 6.23. The highest BCUT2D eigenvalue weighted by molar-refractivity contribution is 9.10. The lowest BCUT2D eigenvalue weighted by Gasteiger charge is -2.10. The smallest absolute Gasteiger partial charge is 0.143 e. The van der Waals surface area contributed by atoms with Crippen molar-refractivity contribution in [1.82, 2.24) is 0 Å². The maximum atomic E-state index is 11.2. The fourth-order valence-corrected chi connectivity index (χ4v) is 2.35. The molecular formula is C11H13BrOS. The zero-order chi connectivity index (χ0) is 10.6. The second-order valence-corrected chi connectivity index (χ2v) is 5.27. The van der Waals surface area contributed by atoms with Crippen LogP contribution < -0.4 is 0 Å². The van der Waals surface area contributed by atoms with Crippen molar-refractivity contribution < 1.29 is 4.79 Å². The summed E-state index contributed by atoms with van der Waals surface area (Å²) in [6.07, 6.45) is 0.885. The number of rotatable bonds is 4. The first-order chi connectivity index (χ1) is 6.63. The Morgan fingerprint density at radius 2 is 2.00 bits per heavy atom. The van der Waals surface area contributed by atoms with E-state index in [1.807, 2.05) is 31.2 Å². The van der Waals surface area contributed by atoms with E-state index in [1.165, 1.54) is 0 Å². The van der Waals surface area contributed by atoms with Crippen molar-refractivity contribution in [2.24, 2.45) is 0 Å². The second-order valence-electron chi connectivity index (χ2n) is 3.08. The van der Waals surface area contributed by atoms with Crippen LogP contribution >= 0.6 is 27.7 Å². The Hall–Kier alpha value is -0.280. The summed E-state index contributed by atoms with van der Waals surface area (Å²) < 4.78 is 1.07. The molecule has 0 amide bonds. The molecule has 0 heterocycles. The van der Waals surface area contributed by atoms with Gasteiger partial charge >= 0.3 is 0 Å². The van der Waals surface area contributed by atoms with E-state index in [2.05, 4.69) is 15.9 Å². The van der Waals surface area contributed by atoms with Crippen LogP contribution in [0.1, 0.15) is 20.3 Å². The van der Waals surface area contributed by atoms with Gasteiger partial charge in [0.05, 0.1) is 5.25 Å². The second kappa shape index (κ2) is 5.56. The topological polar surface area (TPSA) is 17.1 Å². The maximum absolute atomic E-state index is 11.2. The first-order valence-electron chi connectivity index (χ1n) is 4.56. The van der Waals surface area contributed by atoms with Gasteiger partial charge in [0.25, 0.3) is 0 Å². The van der Waals surface area contributed by atoms with Crippen molar-refractivity contribution in [2.75, 3.05) is 0 Å². The standard InChI is InChI=1S/C11H13BrOS/c1-3-11(8(2)13)14-10-6-4-9(12)5-7-10/h4-7,11H,3H2,1-2H3. The number of Topliss-reactive ketones (excluding diaryl/α,β-unsaturated/α-hetero) is 1. The van der Waals surface area contributed by atoms with Crippen molar-refractivity contribution in [2.45, 2.75) is 30.4 Å². The monoisotopic (exact) mass is 272 g/mol. The predicted octanol–water partition coefficient (Wildman–Crippen LogP) is 3.91. The van der Waals surface area contributed by atoms with Crippen LogP contribution in [0.3, 0.4) is 0 Å². The molecule has 0 aliphatic heterocycles. The summed E-state index contributed by atoms with van der Waals surface area (Å²) in [7, 11) is 0. The minimum atomic E-state index is 0.0937. The SMILES string of the molecule is CCC(Sc1ccc(Br)cc1)C(C)=O. The summed E-state index contributed by atoms with van der Waals surface area (Å²) >= 11 is 5.02. The molecule has 0 saturated carbocycles.